The first kappa shape index (κ1) is 9.38. The second-order valence-corrected chi connectivity index (χ2v) is 4.43. The van der Waals surface area contributed by atoms with Gasteiger partial charge in [-0.05, 0) is 24.5 Å². The normalized spacial score (nSPS) is 14.9. The minimum atomic E-state index is 0.711. The molecule has 2 rings (SSSR count). The van der Waals surface area contributed by atoms with Gasteiger partial charge in [-0.15, -0.1) is 0 Å². The van der Waals surface area contributed by atoms with E-state index in [1.165, 1.54) is 11.3 Å². The molecule has 1 heterocycles. The van der Waals surface area contributed by atoms with E-state index in [9.17, 15) is 0 Å². The van der Waals surface area contributed by atoms with Crippen molar-refractivity contribution in [3.8, 4) is 0 Å². The van der Waals surface area contributed by atoms with Gasteiger partial charge in [0.05, 0.1) is 0 Å². The summed E-state index contributed by atoms with van der Waals surface area (Å²) >= 11 is 0. The Balaban J connectivity index is 2.26. The number of anilines is 2. The minimum Gasteiger partial charge on any atom is -0.398 e. The number of benzene rings is 1. The van der Waals surface area contributed by atoms with Crippen molar-refractivity contribution in [1.82, 2.24) is 0 Å². The van der Waals surface area contributed by atoms with E-state index in [1.54, 1.807) is 0 Å². The maximum atomic E-state index is 5.94. The van der Waals surface area contributed by atoms with Gasteiger partial charge in [0.1, 0.15) is 0 Å². The van der Waals surface area contributed by atoms with E-state index in [-0.39, 0.29) is 0 Å². The molecule has 0 radical (unpaired) electrons. The van der Waals surface area contributed by atoms with E-state index in [0.717, 1.165) is 25.2 Å². The highest BCUT2D eigenvalue weighted by Gasteiger charge is 2.20. The Morgan fingerprint density at radius 1 is 1.43 bits per heavy atom. The Kier molecular flexibility index (Phi) is 2.36. The molecule has 76 valence electrons. The third-order valence-electron chi connectivity index (χ3n) is 2.75. The van der Waals surface area contributed by atoms with E-state index in [0.29, 0.717) is 5.92 Å². The fourth-order valence-corrected chi connectivity index (χ4v) is 2.16. The molecular weight excluding hydrogens is 172 g/mol. The molecule has 2 nitrogen and oxygen atoms in total. The molecule has 0 aromatic heterocycles. The molecule has 1 aliphatic rings. The van der Waals surface area contributed by atoms with Gasteiger partial charge in [0, 0.05) is 30.0 Å². The third kappa shape index (κ3) is 1.57. The monoisotopic (exact) mass is 190 g/mol. The first-order valence-electron chi connectivity index (χ1n) is 5.31. The summed E-state index contributed by atoms with van der Waals surface area (Å²) in [4.78, 5) is 2.44. The summed E-state index contributed by atoms with van der Waals surface area (Å²) in [6.45, 7) is 6.77. The number of fused-ring (bicyclic) bond motifs is 1. The van der Waals surface area contributed by atoms with Crippen molar-refractivity contribution in [2.24, 2.45) is 5.92 Å². The molecule has 0 amide bonds. The van der Waals surface area contributed by atoms with Gasteiger partial charge in [0.15, 0.2) is 0 Å². The lowest BCUT2D eigenvalue weighted by molar-refractivity contribution is 0.622. The standard InChI is InChI=1S/C12H18N2/c1-9(2)8-14-7-6-10-11(13)4-3-5-12(10)14/h3-5,9H,6-8,13H2,1-2H3. The van der Waals surface area contributed by atoms with Crippen molar-refractivity contribution in [2.45, 2.75) is 20.3 Å². The summed E-state index contributed by atoms with van der Waals surface area (Å²) in [7, 11) is 0. The van der Waals surface area contributed by atoms with E-state index in [1.807, 2.05) is 12.1 Å². The van der Waals surface area contributed by atoms with Crippen LogP contribution in [0.15, 0.2) is 18.2 Å². The van der Waals surface area contributed by atoms with Crippen LogP contribution in [0.4, 0.5) is 11.4 Å². The van der Waals surface area contributed by atoms with E-state index in [4.69, 9.17) is 5.73 Å². The number of hydrogen-bond donors (Lipinski definition) is 1. The lowest BCUT2D eigenvalue weighted by atomic mass is 10.1. The van der Waals surface area contributed by atoms with Crippen LogP contribution in [0.5, 0.6) is 0 Å². The van der Waals surface area contributed by atoms with E-state index >= 15 is 0 Å². The summed E-state index contributed by atoms with van der Waals surface area (Å²) in [5, 5.41) is 0. The highest BCUT2D eigenvalue weighted by Crippen LogP contribution is 2.32. The Hall–Kier alpha value is -1.18. The van der Waals surface area contributed by atoms with Crippen LogP contribution in [-0.2, 0) is 6.42 Å². The van der Waals surface area contributed by atoms with Gasteiger partial charge < -0.3 is 10.6 Å². The first-order valence-corrected chi connectivity index (χ1v) is 5.31. The minimum absolute atomic E-state index is 0.711. The largest absolute Gasteiger partial charge is 0.398 e. The molecule has 0 aliphatic carbocycles. The fraction of sp³-hybridized carbons (Fsp3) is 0.500. The summed E-state index contributed by atoms with van der Waals surface area (Å²) in [6, 6.07) is 6.23. The quantitative estimate of drug-likeness (QED) is 0.725. The van der Waals surface area contributed by atoms with Crippen LogP contribution in [0.3, 0.4) is 0 Å². The van der Waals surface area contributed by atoms with Crippen molar-refractivity contribution >= 4 is 11.4 Å². The molecular formula is C12H18N2. The first-order chi connectivity index (χ1) is 6.68. The Morgan fingerprint density at radius 3 is 2.93 bits per heavy atom. The molecule has 0 saturated carbocycles. The van der Waals surface area contributed by atoms with Crippen molar-refractivity contribution in [2.75, 3.05) is 23.7 Å². The Bertz CT molecular complexity index is 331. The fourth-order valence-electron chi connectivity index (χ4n) is 2.16. The average Bonchev–Trinajstić information content (AvgIpc) is 2.49. The summed E-state index contributed by atoms with van der Waals surface area (Å²) in [5.74, 6) is 0.711. The summed E-state index contributed by atoms with van der Waals surface area (Å²) < 4.78 is 0. The molecule has 1 aliphatic heterocycles. The molecule has 1 aromatic carbocycles. The molecule has 0 atom stereocenters. The number of nitrogens with two attached hydrogens (primary N) is 1. The zero-order chi connectivity index (χ0) is 10.1. The average molecular weight is 190 g/mol. The van der Waals surface area contributed by atoms with Crippen molar-refractivity contribution in [1.29, 1.82) is 0 Å². The number of nitrogens with zero attached hydrogens (tertiary/aromatic N) is 1. The van der Waals surface area contributed by atoms with E-state index in [2.05, 4.69) is 24.8 Å². The second kappa shape index (κ2) is 3.52. The van der Waals surface area contributed by atoms with Crippen LogP contribution in [-0.4, -0.2) is 13.1 Å². The number of rotatable bonds is 2. The van der Waals surface area contributed by atoms with Gasteiger partial charge in [0.25, 0.3) is 0 Å². The molecule has 14 heavy (non-hydrogen) atoms. The highest BCUT2D eigenvalue weighted by atomic mass is 15.1. The molecule has 0 bridgehead atoms. The maximum absolute atomic E-state index is 5.94. The van der Waals surface area contributed by atoms with Crippen LogP contribution in [0, 0.1) is 5.92 Å². The van der Waals surface area contributed by atoms with Gasteiger partial charge in [-0.3, -0.25) is 0 Å². The molecule has 0 fully saturated rings. The number of nitrogen functional groups attached to an aromatic ring is 1. The predicted molar refractivity (Wildman–Crippen MR) is 61.6 cm³/mol. The lowest BCUT2D eigenvalue weighted by Gasteiger charge is -2.21. The third-order valence-corrected chi connectivity index (χ3v) is 2.75. The Morgan fingerprint density at radius 2 is 2.21 bits per heavy atom. The molecule has 0 saturated heterocycles. The predicted octanol–water partition coefficient (Wildman–Crippen LogP) is 2.29. The van der Waals surface area contributed by atoms with Gasteiger partial charge in [-0.25, -0.2) is 0 Å². The zero-order valence-corrected chi connectivity index (χ0v) is 8.96. The maximum Gasteiger partial charge on any atom is 0.0420 e. The van der Waals surface area contributed by atoms with E-state index < -0.39 is 0 Å². The van der Waals surface area contributed by atoms with Crippen LogP contribution >= 0.6 is 0 Å². The van der Waals surface area contributed by atoms with Gasteiger partial charge in [-0.2, -0.15) is 0 Å². The van der Waals surface area contributed by atoms with Crippen molar-refractivity contribution < 1.29 is 0 Å². The van der Waals surface area contributed by atoms with Gasteiger partial charge >= 0.3 is 0 Å². The molecule has 1 aromatic rings. The van der Waals surface area contributed by atoms with Crippen LogP contribution in [0.2, 0.25) is 0 Å². The van der Waals surface area contributed by atoms with Crippen molar-refractivity contribution in [3.63, 3.8) is 0 Å². The van der Waals surface area contributed by atoms with Gasteiger partial charge in [-0.1, -0.05) is 19.9 Å². The molecule has 2 N–H and O–H groups in total. The zero-order valence-electron chi connectivity index (χ0n) is 8.96. The number of hydrogen-bond acceptors (Lipinski definition) is 2. The summed E-state index contributed by atoms with van der Waals surface area (Å²) in [5.41, 5.74) is 9.58. The SMILES string of the molecule is CC(C)CN1CCc2c(N)cccc21. The summed E-state index contributed by atoms with van der Waals surface area (Å²) in [6.07, 6.45) is 1.11. The molecule has 0 unspecified atom stereocenters. The lowest BCUT2D eigenvalue weighted by Crippen LogP contribution is -2.25. The second-order valence-electron chi connectivity index (χ2n) is 4.43. The van der Waals surface area contributed by atoms with Crippen LogP contribution in [0.1, 0.15) is 19.4 Å². The Labute approximate surface area is 85.7 Å². The van der Waals surface area contributed by atoms with Crippen LogP contribution in [0.25, 0.3) is 0 Å². The smallest absolute Gasteiger partial charge is 0.0420 e. The van der Waals surface area contributed by atoms with Crippen LogP contribution < -0.4 is 10.6 Å². The van der Waals surface area contributed by atoms with Crippen molar-refractivity contribution in [3.05, 3.63) is 23.8 Å². The highest BCUT2D eigenvalue weighted by molar-refractivity contribution is 5.68. The molecule has 0 spiro atoms. The topological polar surface area (TPSA) is 29.3 Å². The molecule has 2 heteroatoms. The van der Waals surface area contributed by atoms with Gasteiger partial charge in [0.2, 0.25) is 0 Å².